The molecule has 1 aromatic heterocycles. The molecule has 64 valence electrons. The van der Waals surface area contributed by atoms with Crippen LogP contribution in [-0.2, 0) is 0 Å². The third-order valence-corrected chi connectivity index (χ3v) is 1.48. The number of hydrogen-bond donors (Lipinski definition) is 2. The molecule has 5 heteroatoms. The molecule has 0 fully saturated rings. The fourth-order valence-electron chi connectivity index (χ4n) is 0.922. The number of aromatic nitrogens is 1. The molecular weight excluding hydrogens is 158 g/mol. The van der Waals surface area contributed by atoms with Crippen LogP contribution in [0, 0.1) is 6.92 Å². The summed E-state index contributed by atoms with van der Waals surface area (Å²) < 4.78 is 0. The highest BCUT2D eigenvalue weighted by molar-refractivity contribution is 5.96. The normalized spacial score (nSPS) is 9.50. The first-order chi connectivity index (χ1) is 5.66. The number of aryl methyl sites for hydroxylation is 1. The van der Waals surface area contributed by atoms with Gasteiger partial charge in [0.15, 0.2) is 0 Å². The van der Waals surface area contributed by atoms with Crippen LogP contribution in [0.2, 0.25) is 0 Å². The van der Waals surface area contributed by atoms with Gasteiger partial charge in [-0.25, -0.2) is 4.98 Å². The summed E-state index contributed by atoms with van der Waals surface area (Å²) in [5, 5.41) is 0. The zero-order valence-corrected chi connectivity index (χ0v) is 6.57. The van der Waals surface area contributed by atoms with E-state index in [9.17, 15) is 4.79 Å². The molecule has 0 saturated carbocycles. The van der Waals surface area contributed by atoms with Crippen LogP contribution in [0.5, 0.6) is 5.88 Å². The van der Waals surface area contributed by atoms with E-state index in [1.807, 2.05) is 0 Å². The summed E-state index contributed by atoms with van der Waals surface area (Å²) >= 11 is 0. The smallest absolute Gasteiger partial charge is 0.254 e. The van der Waals surface area contributed by atoms with Crippen LogP contribution in [0.4, 0.5) is 0 Å². The second-order valence-electron chi connectivity index (χ2n) is 2.29. The molecule has 1 aromatic rings. The number of amides is 1. The van der Waals surface area contributed by atoms with Crippen molar-refractivity contribution in [3.63, 3.8) is 0 Å². The maximum Gasteiger partial charge on any atom is 0.254 e. The SMILES string of the molecule is Cc1ccnc(ON)c1C(N)=O. The third-order valence-electron chi connectivity index (χ3n) is 1.48. The van der Waals surface area contributed by atoms with Gasteiger partial charge in [0.2, 0.25) is 0 Å². The molecule has 0 unspecified atom stereocenters. The van der Waals surface area contributed by atoms with Gasteiger partial charge in [0.05, 0.1) is 0 Å². The Balaban J connectivity index is 3.29. The topological polar surface area (TPSA) is 91.2 Å². The lowest BCUT2D eigenvalue weighted by Crippen LogP contribution is -2.17. The molecule has 0 aliphatic heterocycles. The Bertz CT molecular complexity index is 312. The first kappa shape index (κ1) is 8.48. The standard InChI is InChI=1S/C7H9N3O2/c1-4-2-3-10-7(12-9)5(4)6(8)11/h2-3H,9H2,1H3,(H2,8,11). The molecule has 1 amide bonds. The van der Waals surface area contributed by atoms with Gasteiger partial charge in [-0.15, -0.1) is 0 Å². The van der Waals surface area contributed by atoms with Crippen LogP contribution in [0.25, 0.3) is 0 Å². The molecule has 5 nitrogen and oxygen atoms in total. The first-order valence-corrected chi connectivity index (χ1v) is 3.29. The molecule has 12 heavy (non-hydrogen) atoms. The summed E-state index contributed by atoms with van der Waals surface area (Å²) in [6.07, 6.45) is 1.49. The van der Waals surface area contributed by atoms with Crippen molar-refractivity contribution in [2.24, 2.45) is 11.6 Å². The predicted octanol–water partition coefficient (Wildman–Crippen LogP) is -0.259. The largest absolute Gasteiger partial charge is 0.390 e. The molecule has 1 rings (SSSR count). The number of rotatable bonds is 2. The number of primary amides is 1. The highest BCUT2D eigenvalue weighted by Gasteiger charge is 2.12. The van der Waals surface area contributed by atoms with Crippen molar-refractivity contribution in [1.29, 1.82) is 0 Å². The summed E-state index contributed by atoms with van der Waals surface area (Å²) in [4.78, 5) is 19.0. The third kappa shape index (κ3) is 1.35. The zero-order valence-electron chi connectivity index (χ0n) is 6.57. The Labute approximate surface area is 69.3 Å². The van der Waals surface area contributed by atoms with Crippen LogP contribution in [0.3, 0.4) is 0 Å². The van der Waals surface area contributed by atoms with Crippen molar-refractivity contribution in [1.82, 2.24) is 4.98 Å². The fraction of sp³-hybridized carbons (Fsp3) is 0.143. The number of carbonyl (C=O) groups excluding carboxylic acids is 1. The molecule has 0 saturated heterocycles. The minimum absolute atomic E-state index is 0.0579. The number of hydrogen-bond acceptors (Lipinski definition) is 4. The van der Waals surface area contributed by atoms with Gasteiger partial charge in [0, 0.05) is 6.20 Å². The van der Waals surface area contributed by atoms with Crippen LogP contribution in [0.15, 0.2) is 12.3 Å². The molecule has 0 spiro atoms. The van der Waals surface area contributed by atoms with Crippen molar-refractivity contribution < 1.29 is 9.63 Å². The van der Waals surface area contributed by atoms with E-state index < -0.39 is 5.91 Å². The Kier molecular flexibility index (Phi) is 2.25. The quantitative estimate of drug-likeness (QED) is 0.593. The molecule has 4 N–H and O–H groups in total. The van der Waals surface area contributed by atoms with Gasteiger partial charge in [-0.05, 0) is 18.6 Å². The van der Waals surface area contributed by atoms with Gasteiger partial charge in [-0.2, -0.15) is 5.90 Å². The minimum Gasteiger partial charge on any atom is -0.390 e. The maximum absolute atomic E-state index is 10.8. The van der Waals surface area contributed by atoms with E-state index in [0.29, 0.717) is 5.56 Å². The molecular formula is C7H9N3O2. The van der Waals surface area contributed by atoms with Gasteiger partial charge < -0.3 is 10.6 Å². The average Bonchev–Trinajstić information content (AvgIpc) is 2.03. The van der Waals surface area contributed by atoms with Gasteiger partial charge in [-0.1, -0.05) is 0 Å². The summed E-state index contributed by atoms with van der Waals surface area (Å²) in [6.45, 7) is 1.73. The monoisotopic (exact) mass is 167 g/mol. The summed E-state index contributed by atoms with van der Waals surface area (Å²) in [7, 11) is 0. The predicted molar refractivity (Wildman–Crippen MR) is 42.3 cm³/mol. The lowest BCUT2D eigenvalue weighted by Gasteiger charge is -2.04. The Morgan fingerprint density at radius 3 is 2.75 bits per heavy atom. The van der Waals surface area contributed by atoms with E-state index in [-0.39, 0.29) is 11.4 Å². The van der Waals surface area contributed by atoms with E-state index >= 15 is 0 Å². The fourth-order valence-corrected chi connectivity index (χ4v) is 0.922. The van der Waals surface area contributed by atoms with E-state index in [0.717, 1.165) is 0 Å². The molecule has 0 aromatic carbocycles. The molecule has 0 bridgehead atoms. The lowest BCUT2D eigenvalue weighted by molar-refractivity contribution is 0.0994. The van der Waals surface area contributed by atoms with E-state index in [2.05, 4.69) is 9.82 Å². The van der Waals surface area contributed by atoms with E-state index in [4.69, 9.17) is 11.6 Å². The molecule has 0 radical (unpaired) electrons. The van der Waals surface area contributed by atoms with Crippen molar-refractivity contribution in [3.05, 3.63) is 23.4 Å². The summed E-state index contributed by atoms with van der Waals surface area (Å²) in [5.41, 5.74) is 5.99. The van der Waals surface area contributed by atoms with Crippen molar-refractivity contribution in [3.8, 4) is 5.88 Å². The lowest BCUT2D eigenvalue weighted by atomic mass is 10.1. The van der Waals surface area contributed by atoms with Gasteiger partial charge in [0.1, 0.15) is 5.56 Å². The van der Waals surface area contributed by atoms with Crippen molar-refractivity contribution in [2.45, 2.75) is 6.92 Å². The molecule has 0 aliphatic rings. The van der Waals surface area contributed by atoms with Crippen molar-refractivity contribution >= 4 is 5.91 Å². The molecule has 0 atom stereocenters. The van der Waals surface area contributed by atoms with Crippen LogP contribution in [0.1, 0.15) is 15.9 Å². The van der Waals surface area contributed by atoms with Crippen molar-refractivity contribution in [2.75, 3.05) is 0 Å². The van der Waals surface area contributed by atoms with E-state index in [1.165, 1.54) is 6.20 Å². The number of carbonyl (C=O) groups is 1. The zero-order chi connectivity index (χ0) is 9.14. The van der Waals surface area contributed by atoms with Crippen LogP contribution >= 0.6 is 0 Å². The number of nitrogens with two attached hydrogens (primary N) is 2. The van der Waals surface area contributed by atoms with Crippen LogP contribution in [-0.4, -0.2) is 10.9 Å². The first-order valence-electron chi connectivity index (χ1n) is 3.29. The number of pyridine rings is 1. The minimum atomic E-state index is -0.596. The van der Waals surface area contributed by atoms with Gasteiger partial charge >= 0.3 is 0 Å². The van der Waals surface area contributed by atoms with E-state index in [1.54, 1.807) is 13.0 Å². The highest BCUT2D eigenvalue weighted by atomic mass is 16.6. The second kappa shape index (κ2) is 3.19. The summed E-state index contributed by atoms with van der Waals surface area (Å²) in [5.74, 6) is 4.35. The van der Waals surface area contributed by atoms with Crippen LogP contribution < -0.4 is 16.5 Å². The Hall–Kier alpha value is -1.62. The maximum atomic E-state index is 10.8. The number of nitrogens with zero attached hydrogens (tertiary/aromatic N) is 1. The molecule has 0 aliphatic carbocycles. The Morgan fingerprint density at radius 2 is 2.33 bits per heavy atom. The summed E-state index contributed by atoms with van der Waals surface area (Å²) in [6, 6.07) is 1.66. The van der Waals surface area contributed by atoms with Gasteiger partial charge in [0.25, 0.3) is 11.8 Å². The highest BCUT2D eigenvalue weighted by Crippen LogP contribution is 2.16. The van der Waals surface area contributed by atoms with Gasteiger partial charge in [-0.3, -0.25) is 4.79 Å². The molecule has 1 heterocycles. The Morgan fingerprint density at radius 1 is 1.67 bits per heavy atom. The average molecular weight is 167 g/mol. The second-order valence-corrected chi connectivity index (χ2v) is 2.29.